The maximum Gasteiger partial charge on any atom is 0.220 e. The lowest BCUT2D eigenvalue weighted by Crippen LogP contribution is -2.39. The number of benzene rings is 1. The largest absolute Gasteiger partial charge is 0.508 e. The van der Waals surface area contributed by atoms with Gasteiger partial charge < -0.3 is 15.7 Å². The Hall–Kier alpha value is -1.55. The van der Waals surface area contributed by atoms with Gasteiger partial charge in [0, 0.05) is 12.5 Å². The van der Waals surface area contributed by atoms with Crippen LogP contribution < -0.4 is 5.73 Å². The number of phenols is 1. The number of rotatable bonds is 4. The molecule has 0 saturated carbocycles. The second kappa shape index (κ2) is 5.87. The molecule has 0 aromatic heterocycles. The summed E-state index contributed by atoms with van der Waals surface area (Å²) >= 11 is 0. The van der Waals surface area contributed by atoms with E-state index in [1.807, 2.05) is 12.1 Å². The lowest BCUT2D eigenvalue weighted by molar-refractivity contribution is -0.123. The van der Waals surface area contributed by atoms with Gasteiger partial charge >= 0.3 is 0 Å². The van der Waals surface area contributed by atoms with Crippen LogP contribution in [0.3, 0.4) is 0 Å². The van der Waals surface area contributed by atoms with E-state index in [0.29, 0.717) is 5.75 Å². The molecule has 0 bridgehead atoms. The molecule has 1 fully saturated rings. The monoisotopic (exact) mass is 248 g/mol. The molecule has 2 rings (SSSR count). The van der Waals surface area contributed by atoms with Crippen LogP contribution >= 0.6 is 0 Å². The Bertz CT molecular complexity index is 395. The summed E-state index contributed by atoms with van der Waals surface area (Å²) in [7, 11) is 0. The molecule has 0 unspecified atom stereocenters. The predicted octanol–water partition coefficient (Wildman–Crippen LogP) is 1.13. The van der Waals surface area contributed by atoms with Crippen LogP contribution in [0.4, 0.5) is 0 Å². The second-order valence-electron chi connectivity index (χ2n) is 4.93. The van der Waals surface area contributed by atoms with Gasteiger partial charge in [-0.2, -0.15) is 0 Å². The Morgan fingerprint density at radius 2 is 1.89 bits per heavy atom. The number of amides is 1. The van der Waals surface area contributed by atoms with Crippen molar-refractivity contribution >= 4 is 5.91 Å². The van der Waals surface area contributed by atoms with Crippen molar-refractivity contribution in [1.82, 2.24) is 4.90 Å². The molecule has 1 heterocycles. The number of hydrogen-bond acceptors (Lipinski definition) is 3. The van der Waals surface area contributed by atoms with Crippen molar-refractivity contribution in [1.29, 1.82) is 0 Å². The van der Waals surface area contributed by atoms with Gasteiger partial charge in [-0.05, 0) is 50.0 Å². The molecule has 4 nitrogen and oxygen atoms in total. The highest BCUT2D eigenvalue weighted by Gasteiger charge is 2.22. The van der Waals surface area contributed by atoms with Crippen LogP contribution in [0.25, 0.3) is 0 Å². The molecule has 1 aromatic rings. The van der Waals surface area contributed by atoms with Crippen LogP contribution in [-0.4, -0.2) is 35.5 Å². The molecule has 0 radical (unpaired) electrons. The molecule has 0 atom stereocenters. The zero-order valence-corrected chi connectivity index (χ0v) is 10.5. The quantitative estimate of drug-likeness (QED) is 0.839. The Kier molecular flexibility index (Phi) is 4.20. The van der Waals surface area contributed by atoms with Gasteiger partial charge in [-0.15, -0.1) is 0 Å². The average molecular weight is 248 g/mol. The molecule has 18 heavy (non-hydrogen) atoms. The summed E-state index contributed by atoms with van der Waals surface area (Å²) in [6.07, 6.45) is 2.73. The van der Waals surface area contributed by atoms with Crippen molar-refractivity contribution in [3.05, 3.63) is 29.8 Å². The first-order valence-corrected chi connectivity index (χ1v) is 6.45. The number of phenolic OH excluding ortho intramolecular Hbond substituents is 1. The van der Waals surface area contributed by atoms with E-state index in [-0.39, 0.29) is 11.8 Å². The number of carbonyl (C=O) groups is 1. The van der Waals surface area contributed by atoms with Gasteiger partial charge in [-0.3, -0.25) is 4.79 Å². The summed E-state index contributed by atoms with van der Waals surface area (Å²) in [6.45, 7) is 2.90. The number of likely N-dealkylation sites (tertiary alicyclic amines) is 1. The molecule has 1 saturated heterocycles. The van der Waals surface area contributed by atoms with Gasteiger partial charge in [-0.25, -0.2) is 0 Å². The van der Waals surface area contributed by atoms with Gasteiger partial charge in [0.15, 0.2) is 0 Å². The Labute approximate surface area is 107 Å². The molecule has 3 N–H and O–H groups in total. The van der Waals surface area contributed by atoms with E-state index in [1.54, 1.807) is 12.1 Å². The molecular formula is C14H20N2O2. The highest BCUT2D eigenvalue weighted by molar-refractivity contribution is 5.76. The van der Waals surface area contributed by atoms with Crippen LogP contribution in [-0.2, 0) is 11.2 Å². The third-order valence-electron chi connectivity index (χ3n) is 3.64. The fourth-order valence-corrected chi connectivity index (χ4v) is 2.39. The zero-order chi connectivity index (χ0) is 13.0. The van der Waals surface area contributed by atoms with Crippen molar-refractivity contribution < 1.29 is 9.90 Å². The summed E-state index contributed by atoms with van der Waals surface area (Å²) in [4.78, 5) is 13.4. The van der Waals surface area contributed by atoms with Crippen molar-refractivity contribution in [2.24, 2.45) is 11.7 Å². The van der Waals surface area contributed by atoms with Gasteiger partial charge in [0.25, 0.3) is 0 Å². The number of aromatic hydroxyl groups is 1. The number of nitrogens with zero attached hydrogens (tertiary/aromatic N) is 1. The number of nitrogens with two attached hydrogens (primary N) is 1. The van der Waals surface area contributed by atoms with E-state index < -0.39 is 0 Å². The number of piperidine rings is 1. The number of hydrogen-bond donors (Lipinski definition) is 2. The Morgan fingerprint density at radius 1 is 1.28 bits per heavy atom. The summed E-state index contributed by atoms with van der Waals surface area (Å²) < 4.78 is 0. The fourth-order valence-electron chi connectivity index (χ4n) is 2.39. The normalized spacial score (nSPS) is 17.8. The standard InChI is InChI=1S/C14H20N2O2/c15-14(18)12-6-9-16(10-7-12)8-5-11-1-3-13(17)4-2-11/h1-4,12,17H,5-10H2,(H2,15,18). The molecule has 0 aliphatic carbocycles. The Balaban J connectivity index is 1.75. The third kappa shape index (κ3) is 3.47. The zero-order valence-electron chi connectivity index (χ0n) is 10.5. The molecule has 1 aliphatic rings. The van der Waals surface area contributed by atoms with E-state index in [4.69, 9.17) is 5.73 Å². The molecule has 0 spiro atoms. The van der Waals surface area contributed by atoms with E-state index in [9.17, 15) is 9.90 Å². The first-order valence-electron chi connectivity index (χ1n) is 6.45. The summed E-state index contributed by atoms with van der Waals surface area (Å²) in [6, 6.07) is 7.33. The minimum atomic E-state index is -0.159. The summed E-state index contributed by atoms with van der Waals surface area (Å²) in [5.74, 6) is 0.212. The third-order valence-corrected chi connectivity index (χ3v) is 3.64. The molecule has 1 amide bonds. The SMILES string of the molecule is NC(=O)C1CCN(CCc2ccc(O)cc2)CC1. The minimum absolute atomic E-state index is 0.0647. The van der Waals surface area contributed by atoms with Crippen molar-refractivity contribution in [2.45, 2.75) is 19.3 Å². The molecule has 1 aliphatic heterocycles. The maximum atomic E-state index is 11.1. The fraction of sp³-hybridized carbons (Fsp3) is 0.500. The average Bonchev–Trinajstić information content (AvgIpc) is 2.38. The van der Waals surface area contributed by atoms with Crippen LogP contribution in [0.15, 0.2) is 24.3 Å². The number of primary amides is 1. The van der Waals surface area contributed by atoms with Crippen LogP contribution in [0.2, 0.25) is 0 Å². The smallest absolute Gasteiger partial charge is 0.220 e. The van der Waals surface area contributed by atoms with Crippen molar-refractivity contribution in [2.75, 3.05) is 19.6 Å². The highest BCUT2D eigenvalue weighted by atomic mass is 16.3. The van der Waals surface area contributed by atoms with Crippen LogP contribution in [0.5, 0.6) is 5.75 Å². The first kappa shape index (κ1) is 12.9. The topological polar surface area (TPSA) is 66.6 Å². The van der Waals surface area contributed by atoms with Crippen molar-refractivity contribution in [3.63, 3.8) is 0 Å². The highest BCUT2D eigenvalue weighted by Crippen LogP contribution is 2.17. The van der Waals surface area contributed by atoms with Gasteiger partial charge in [0.1, 0.15) is 5.75 Å². The van der Waals surface area contributed by atoms with E-state index in [2.05, 4.69) is 4.90 Å². The molecule has 98 valence electrons. The first-order chi connectivity index (χ1) is 8.65. The number of carbonyl (C=O) groups excluding carboxylic acids is 1. The summed E-state index contributed by atoms with van der Waals surface area (Å²) in [5.41, 5.74) is 6.54. The van der Waals surface area contributed by atoms with Gasteiger partial charge in [0.2, 0.25) is 5.91 Å². The lowest BCUT2D eigenvalue weighted by atomic mass is 9.96. The maximum absolute atomic E-state index is 11.1. The van der Waals surface area contributed by atoms with Gasteiger partial charge in [0.05, 0.1) is 0 Å². The second-order valence-corrected chi connectivity index (χ2v) is 4.93. The van der Waals surface area contributed by atoms with Crippen LogP contribution in [0.1, 0.15) is 18.4 Å². The minimum Gasteiger partial charge on any atom is -0.508 e. The molecule has 1 aromatic carbocycles. The van der Waals surface area contributed by atoms with Gasteiger partial charge in [-0.1, -0.05) is 12.1 Å². The van der Waals surface area contributed by atoms with E-state index >= 15 is 0 Å². The molecule has 4 heteroatoms. The Morgan fingerprint density at radius 3 is 2.44 bits per heavy atom. The summed E-state index contributed by atoms with van der Waals surface area (Å²) in [5, 5.41) is 9.20. The van der Waals surface area contributed by atoms with Crippen molar-refractivity contribution in [3.8, 4) is 5.75 Å². The molecular weight excluding hydrogens is 228 g/mol. The van der Waals surface area contributed by atoms with E-state index in [0.717, 1.165) is 38.9 Å². The van der Waals surface area contributed by atoms with Crippen LogP contribution in [0, 0.1) is 5.92 Å². The lowest BCUT2D eigenvalue weighted by Gasteiger charge is -2.30. The van der Waals surface area contributed by atoms with E-state index in [1.165, 1.54) is 5.56 Å². The predicted molar refractivity (Wildman–Crippen MR) is 70.2 cm³/mol.